The van der Waals surface area contributed by atoms with Crippen molar-refractivity contribution in [2.75, 3.05) is 6.54 Å². The van der Waals surface area contributed by atoms with Gasteiger partial charge in [0.05, 0.1) is 5.39 Å². The van der Waals surface area contributed by atoms with Crippen LogP contribution in [0.25, 0.3) is 11.0 Å². The van der Waals surface area contributed by atoms with E-state index in [1.54, 1.807) is 19.1 Å². The van der Waals surface area contributed by atoms with Crippen LogP contribution in [-0.4, -0.2) is 29.6 Å². The number of carbonyl (C=O) groups is 2. The number of nitrogens with one attached hydrogen (secondary N) is 1. The van der Waals surface area contributed by atoms with Crippen LogP contribution in [0, 0.1) is 6.92 Å². The molecule has 7 heteroatoms. The van der Waals surface area contributed by atoms with Crippen LogP contribution in [-0.2, 0) is 22.4 Å². The summed E-state index contributed by atoms with van der Waals surface area (Å²) in [5.41, 5.74) is 2.55. The van der Waals surface area contributed by atoms with Gasteiger partial charge in [-0.1, -0.05) is 0 Å². The number of benzene rings is 1. The fourth-order valence-corrected chi connectivity index (χ4v) is 3.15. The minimum atomic E-state index is -1.12. The Morgan fingerprint density at radius 2 is 2.04 bits per heavy atom. The smallest absolute Gasteiger partial charge is 0.339 e. The second-order valence-corrected chi connectivity index (χ2v) is 6.21. The fraction of sp³-hybridized carbons (Fsp3) is 0.389. The molecule has 0 fully saturated rings. The van der Waals surface area contributed by atoms with Crippen LogP contribution in [0.2, 0.25) is 0 Å². The van der Waals surface area contributed by atoms with Gasteiger partial charge in [-0.05, 0) is 56.4 Å². The summed E-state index contributed by atoms with van der Waals surface area (Å²) in [5.74, 6) is -1.18. The molecule has 2 aromatic rings. The molecule has 1 aliphatic carbocycles. The number of carbonyl (C=O) groups excluding carboxylic acids is 1. The van der Waals surface area contributed by atoms with Crippen LogP contribution >= 0.6 is 0 Å². The standard InChI is InChI=1S/C18H19NO6/c1-9-6-13(24-10(2)17(22)19-8-15(20)21)16-11-4-3-5-12(11)18(23)25-14(16)7-9/h6-7,10H,3-5,8H2,1-2H3,(H,19,22)(H,20,21)/t10-/m1/s1. The van der Waals surface area contributed by atoms with E-state index >= 15 is 0 Å². The van der Waals surface area contributed by atoms with Crippen molar-refractivity contribution in [3.63, 3.8) is 0 Å². The van der Waals surface area contributed by atoms with Gasteiger partial charge < -0.3 is 19.6 Å². The zero-order valence-corrected chi connectivity index (χ0v) is 14.0. The topological polar surface area (TPSA) is 106 Å². The van der Waals surface area contributed by atoms with Crippen molar-refractivity contribution in [3.8, 4) is 5.75 Å². The third-order valence-electron chi connectivity index (χ3n) is 4.27. The first-order valence-electron chi connectivity index (χ1n) is 8.12. The number of carboxylic acid groups (broad SMARTS) is 1. The molecule has 0 saturated carbocycles. The van der Waals surface area contributed by atoms with Crippen molar-refractivity contribution < 1.29 is 23.8 Å². The molecule has 1 heterocycles. The molecule has 0 bridgehead atoms. The highest BCUT2D eigenvalue weighted by molar-refractivity contribution is 5.90. The maximum atomic E-state index is 12.1. The summed E-state index contributed by atoms with van der Waals surface area (Å²) >= 11 is 0. The average molecular weight is 345 g/mol. The number of carboxylic acids is 1. The second-order valence-electron chi connectivity index (χ2n) is 6.21. The van der Waals surface area contributed by atoms with E-state index in [2.05, 4.69) is 5.32 Å². The Labute approximate surface area is 143 Å². The highest BCUT2D eigenvalue weighted by atomic mass is 16.5. The number of aliphatic carboxylic acids is 1. The lowest BCUT2D eigenvalue weighted by Gasteiger charge is -2.17. The number of hydrogen-bond acceptors (Lipinski definition) is 5. The van der Waals surface area contributed by atoms with Crippen LogP contribution in [0.5, 0.6) is 5.75 Å². The molecule has 132 valence electrons. The minimum absolute atomic E-state index is 0.316. The summed E-state index contributed by atoms with van der Waals surface area (Å²) in [7, 11) is 0. The van der Waals surface area contributed by atoms with Gasteiger partial charge in [0.2, 0.25) is 0 Å². The Kier molecular flexibility index (Phi) is 4.48. The largest absolute Gasteiger partial charge is 0.480 e. The van der Waals surface area contributed by atoms with Gasteiger partial charge in [0.1, 0.15) is 17.9 Å². The first kappa shape index (κ1) is 17.0. The average Bonchev–Trinajstić information content (AvgIpc) is 3.02. The van der Waals surface area contributed by atoms with Crippen LogP contribution in [0.4, 0.5) is 0 Å². The summed E-state index contributed by atoms with van der Waals surface area (Å²) in [5, 5.41) is 11.7. The molecule has 2 N–H and O–H groups in total. The lowest BCUT2D eigenvalue weighted by Crippen LogP contribution is -2.39. The molecule has 0 unspecified atom stereocenters. The van der Waals surface area contributed by atoms with Crippen molar-refractivity contribution >= 4 is 22.8 Å². The van der Waals surface area contributed by atoms with E-state index in [-0.39, 0.29) is 5.63 Å². The van der Waals surface area contributed by atoms with Crippen LogP contribution in [0.15, 0.2) is 21.3 Å². The molecule has 0 radical (unpaired) electrons. The first-order chi connectivity index (χ1) is 11.9. The predicted molar refractivity (Wildman–Crippen MR) is 90.0 cm³/mol. The zero-order valence-electron chi connectivity index (χ0n) is 14.0. The van der Waals surface area contributed by atoms with Gasteiger partial charge in [-0.2, -0.15) is 0 Å². The molecule has 1 aromatic carbocycles. The Hall–Kier alpha value is -2.83. The van der Waals surface area contributed by atoms with Gasteiger partial charge in [0.25, 0.3) is 5.91 Å². The van der Waals surface area contributed by atoms with Crippen LogP contribution in [0.1, 0.15) is 30.0 Å². The molecule has 7 nitrogen and oxygen atoms in total. The third kappa shape index (κ3) is 3.35. The summed E-state index contributed by atoms with van der Waals surface area (Å²) < 4.78 is 11.2. The molecular formula is C18H19NO6. The van der Waals surface area contributed by atoms with Gasteiger partial charge in [-0.25, -0.2) is 4.79 Å². The molecule has 0 aliphatic heterocycles. The van der Waals surface area contributed by atoms with E-state index in [0.717, 1.165) is 29.4 Å². The van der Waals surface area contributed by atoms with Gasteiger partial charge in [0, 0.05) is 5.56 Å². The maximum Gasteiger partial charge on any atom is 0.339 e. The molecule has 0 saturated heterocycles. The number of aryl methyl sites for hydroxylation is 2. The molecule has 1 atom stereocenters. The van der Waals surface area contributed by atoms with Crippen molar-refractivity contribution in [3.05, 3.63) is 39.2 Å². The fourth-order valence-electron chi connectivity index (χ4n) is 3.15. The Balaban J connectivity index is 1.99. The summed E-state index contributed by atoms with van der Waals surface area (Å²) in [6, 6.07) is 3.57. The normalized spacial score (nSPS) is 14.2. The molecule has 1 aliphatic rings. The molecule has 25 heavy (non-hydrogen) atoms. The third-order valence-corrected chi connectivity index (χ3v) is 4.27. The van der Waals surface area contributed by atoms with Gasteiger partial charge in [-0.15, -0.1) is 0 Å². The van der Waals surface area contributed by atoms with Gasteiger partial charge >= 0.3 is 11.6 Å². The molecule has 0 spiro atoms. The van der Waals surface area contributed by atoms with E-state index in [1.807, 2.05) is 6.92 Å². The lowest BCUT2D eigenvalue weighted by atomic mass is 10.0. The second kappa shape index (κ2) is 6.58. The summed E-state index contributed by atoms with van der Waals surface area (Å²) in [4.78, 5) is 34.7. The van der Waals surface area contributed by atoms with Crippen molar-refractivity contribution in [1.82, 2.24) is 5.32 Å². The zero-order chi connectivity index (χ0) is 18.1. The Morgan fingerprint density at radius 1 is 1.32 bits per heavy atom. The van der Waals surface area contributed by atoms with E-state index in [0.29, 0.717) is 23.3 Å². The van der Waals surface area contributed by atoms with Gasteiger partial charge in [0.15, 0.2) is 6.10 Å². The monoisotopic (exact) mass is 345 g/mol. The minimum Gasteiger partial charge on any atom is -0.480 e. The number of amides is 1. The summed E-state index contributed by atoms with van der Waals surface area (Å²) in [6.07, 6.45) is 1.43. The van der Waals surface area contributed by atoms with Gasteiger partial charge in [-0.3, -0.25) is 9.59 Å². The number of ether oxygens (including phenoxy) is 1. The van der Waals surface area contributed by atoms with Crippen molar-refractivity contribution in [2.45, 2.75) is 39.2 Å². The van der Waals surface area contributed by atoms with Crippen LogP contribution in [0.3, 0.4) is 0 Å². The number of hydrogen-bond donors (Lipinski definition) is 2. The maximum absolute atomic E-state index is 12.1. The Bertz CT molecular complexity index is 914. The number of rotatable bonds is 5. The van der Waals surface area contributed by atoms with Crippen molar-refractivity contribution in [1.29, 1.82) is 0 Å². The molecule has 1 aromatic heterocycles. The summed E-state index contributed by atoms with van der Waals surface area (Å²) in [6.45, 7) is 2.92. The first-order valence-corrected chi connectivity index (χ1v) is 8.12. The van der Waals surface area contributed by atoms with E-state index in [9.17, 15) is 14.4 Å². The highest BCUT2D eigenvalue weighted by Crippen LogP contribution is 2.35. The lowest BCUT2D eigenvalue weighted by molar-refractivity contribution is -0.139. The van der Waals surface area contributed by atoms with E-state index in [1.165, 1.54) is 0 Å². The Morgan fingerprint density at radius 3 is 2.76 bits per heavy atom. The molecule has 3 rings (SSSR count). The SMILES string of the molecule is Cc1cc(O[C@H](C)C(=O)NCC(=O)O)c2c3c(c(=O)oc2c1)CCC3. The predicted octanol–water partition coefficient (Wildman–Crippen LogP) is 1.56. The van der Waals surface area contributed by atoms with Crippen molar-refractivity contribution in [2.24, 2.45) is 0 Å². The number of fused-ring (bicyclic) bond motifs is 3. The van der Waals surface area contributed by atoms with Crippen LogP contribution < -0.4 is 15.7 Å². The molecular weight excluding hydrogens is 326 g/mol. The quantitative estimate of drug-likeness (QED) is 0.797. The highest BCUT2D eigenvalue weighted by Gasteiger charge is 2.24. The molecule has 1 amide bonds. The van der Waals surface area contributed by atoms with E-state index in [4.69, 9.17) is 14.3 Å². The van der Waals surface area contributed by atoms with E-state index < -0.39 is 24.5 Å².